The number of nitrogens with one attached hydrogen (secondary N) is 1. The third kappa shape index (κ3) is 1.37. The first-order chi connectivity index (χ1) is 6.09. The van der Waals surface area contributed by atoms with Gasteiger partial charge in [-0.1, -0.05) is 34.5 Å². The monoisotopic (exact) mass is 232 g/mol. The van der Waals surface area contributed by atoms with E-state index < -0.39 is 0 Å². The van der Waals surface area contributed by atoms with Gasteiger partial charge in [-0.05, 0) is 12.1 Å². The van der Waals surface area contributed by atoms with Crippen LogP contribution >= 0.6 is 34.5 Å². The van der Waals surface area contributed by atoms with Crippen LogP contribution in [0.15, 0.2) is 12.1 Å². The Morgan fingerprint density at radius 3 is 2.77 bits per heavy atom. The molecule has 68 valence electrons. The highest BCUT2D eigenvalue weighted by Crippen LogP contribution is 2.28. The largest absolute Gasteiger partial charge is 0.319 e. The molecule has 1 N–H and O–H groups in total. The molecule has 0 spiro atoms. The molecule has 0 fully saturated rings. The highest BCUT2D eigenvalue weighted by Gasteiger charge is 2.07. The molecule has 1 aromatic carbocycles. The number of halogens is 2. The molecule has 13 heavy (non-hydrogen) atoms. The molecule has 0 unspecified atom stereocenters. The minimum absolute atomic E-state index is 0.471. The van der Waals surface area contributed by atoms with E-state index in [1.54, 1.807) is 10.6 Å². The topological polar surface area (TPSA) is 28.8 Å². The summed E-state index contributed by atoms with van der Waals surface area (Å²) in [5.74, 6) is 0. The normalized spacial score (nSPS) is 11.0. The Morgan fingerprint density at radius 2 is 2.08 bits per heavy atom. The SMILES string of the molecule is Cn1c(=N)sc2cc(Cl)cc(Cl)c21. The summed E-state index contributed by atoms with van der Waals surface area (Å²) in [5, 5.41) is 8.80. The molecule has 0 aliphatic carbocycles. The molecular weight excluding hydrogens is 227 g/mol. The molecular formula is C8H6Cl2N2S. The highest BCUT2D eigenvalue weighted by molar-refractivity contribution is 7.16. The van der Waals surface area contributed by atoms with Gasteiger partial charge in [-0.15, -0.1) is 0 Å². The lowest BCUT2D eigenvalue weighted by Crippen LogP contribution is -2.06. The molecule has 0 atom stereocenters. The molecule has 1 aromatic heterocycles. The predicted molar refractivity (Wildman–Crippen MR) is 56.7 cm³/mol. The Hall–Kier alpha value is -0.510. The van der Waals surface area contributed by atoms with Crippen LogP contribution in [0.5, 0.6) is 0 Å². The van der Waals surface area contributed by atoms with Gasteiger partial charge in [0, 0.05) is 12.1 Å². The third-order valence-electron chi connectivity index (χ3n) is 1.84. The van der Waals surface area contributed by atoms with Crippen molar-refractivity contribution in [3.05, 3.63) is 27.0 Å². The number of nitrogens with zero attached hydrogens (tertiary/aromatic N) is 1. The smallest absolute Gasteiger partial charge is 0.182 e. The number of aromatic nitrogens is 1. The Labute approximate surface area is 88.8 Å². The average molecular weight is 233 g/mol. The number of aryl methyl sites for hydroxylation is 1. The first-order valence-corrected chi connectivity index (χ1v) is 5.16. The first-order valence-electron chi connectivity index (χ1n) is 3.59. The molecule has 0 bridgehead atoms. The Balaban J connectivity index is 3.03. The van der Waals surface area contributed by atoms with E-state index in [1.165, 1.54) is 11.3 Å². The minimum Gasteiger partial charge on any atom is -0.319 e. The van der Waals surface area contributed by atoms with Crippen LogP contribution in [0.1, 0.15) is 0 Å². The zero-order valence-electron chi connectivity index (χ0n) is 6.77. The van der Waals surface area contributed by atoms with Gasteiger partial charge in [0.25, 0.3) is 0 Å². The fourth-order valence-corrected chi connectivity index (χ4v) is 2.93. The van der Waals surface area contributed by atoms with Crippen LogP contribution in [0.25, 0.3) is 10.2 Å². The van der Waals surface area contributed by atoms with E-state index in [0.29, 0.717) is 14.8 Å². The van der Waals surface area contributed by atoms with Gasteiger partial charge in [0.2, 0.25) is 0 Å². The summed E-state index contributed by atoms with van der Waals surface area (Å²) in [5.41, 5.74) is 0.876. The van der Waals surface area contributed by atoms with Crippen molar-refractivity contribution in [2.45, 2.75) is 0 Å². The summed E-state index contributed by atoms with van der Waals surface area (Å²) < 4.78 is 2.70. The van der Waals surface area contributed by atoms with E-state index in [4.69, 9.17) is 28.6 Å². The lowest BCUT2D eigenvalue weighted by Gasteiger charge is -1.98. The van der Waals surface area contributed by atoms with Crippen LogP contribution in [-0.2, 0) is 7.05 Å². The molecule has 1 heterocycles. The van der Waals surface area contributed by atoms with Crippen molar-refractivity contribution in [3.8, 4) is 0 Å². The van der Waals surface area contributed by atoms with Crippen molar-refractivity contribution in [1.82, 2.24) is 4.57 Å². The molecule has 0 aliphatic rings. The Bertz CT molecular complexity index is 527. The second-order valence-corrected chi connectivity index (χ2v) is 4.57. The number of thiazole rings is 1. The minimum atomic E-state index is 0.471. The van der Waals surface area contributed by atoms with Crippen molar-refractivity contribution >= 4 is 44.8 Å². The number of hydrogen-bond donors (Lipinski definition) is 1. The van der Waals surface area contributed by atoms with Gasteiger partial charge in [-0.25, -0.2) is 0 Å². The molecule has 0 radical (unpaired) electrons. The lowest BCUT2D eigenvalue weighted by atomic mass is 10.3. The van der Waals surface area contributed by atoms with Gasteiger partial charge >= 0.3 is 0 Å². The molecule has 2 aromatic rings. The highest BCUT2D eigenvalue weighted by atomic mass is 35.5. The number of hydrogen-bond acceptors (Lipinski definition) is 2. The van der Waals surface area contributed by atoms with Gasteiger partial charge in [0.05, 0.1) is 15.2 Å². The second kappa shape index (κ2) is 3.01. The molecule has 2 nitrogen and oxygen atoms in total. The van der Waals surface area contributed by atoms with E-state index in [1.807, 2.05) is 13.1 Å². The van der Waals surface area contributed by atoms with Gasteiger partial charge in [0.15, 0.2) is 4.80 Å². The summed E-state index contributed by atoms with van der Waals surface area (Å²) in [6.07, 6.45) is 0. The zero-order valence-corrected chi connectivity index (χ0v) is 9.09. The quantitative estimate of drug-likeness (QED) is 0.724. The van der Waals surface area contributed by atoms with Crippen molar-refractivity contribution in [2.24, 2.45) is 7.05 Å². The molecule has 0 saturated carbocycles. The maximum Gasteiger partial charge on any atom is 0.182 e. The van der Waals surface area contributed by atoms with Crippen molar-refractivity contribution in [3.63, 3.8) is 0 Å². The van der Waals surface area contributed by atoms with E-state index in [9.17, 15) is 0 Å². The van der Waals surface area contributed by atoms with Crippen LogP contribution in [-0.4, -0.2) is 4.57 Å². The van der Waals surface area contributed by atoms with E-state index in [0.717, 1.165) is 10.2 Å². The third-order valence-corrected chi connectivity index (χ3v) is 3.34. The van der Waals surface area contributed by atoms with Crippen molar-refractivity contribution in [1.29, 1.82) is 5.41 Å². The van der Waals surface area contributed by atoms with E-state index in [2.05, 4.69) is 0 Å². The Morgan fingerprint density at radius 1 is 1.38 bits per heavy atom. The molecule has 0 amide bonds. The fraction of sp³-hybridized carbons (Fsp3) is 0.125. The van der Waals surface area contributed by atoms with Crippen LogP contribution in [0, 0.1) is 5.41 Å². The maximum atomic E-state index is 7.59. The predicted octanol–water partition coefficient (Wildman–Crippen LogP) is 3.03. The summed E-state index contributed by atoms with van der Waals surface area (Å²) in [7, 11) is 1.82. The van der Waals surface area contributed by atoms with Crippen LogP contribution in [0.3, 0.4) is 0 Å². The number of fused-ring (bicyclic) bond motifs is 1. The molecule has 2 rings (SSSR count). The standard InChI is InChI=1S/C8H6Cl2N2S/c1-12-7-5(10)2-4(9)3-6(7)13-8(12)11/h2-3,11H,1H3. The van der Waals surface area contributed by atoms with Gasteiger partial charge in [-0.3, -0.25) is 5.41 Å². The fourth-order valence-electron chi connectivity index (χ4n) is 1.22. The van der Waals surface area contributed by atoms with Crippen LogP contribution in [0.4, 0.5) is 0 Å². The zero-order chi connectivity index (χ0) is 9.59. The lowest BCUT2D eigenvalue weighted by molar-refractivity contribution is 0.894. The van der Waals surface area contributed by atoms with Crippen LogP contribution < -0.4 is 4.80 Å². The number of benzene rings is 1. The summed E-state index contributed by atoms with van der Waals surface area (Å²) in [6.45, 7) is 0. The number of rotatable bonds is 0. The summed E-state index contributed by atoms with van der Waals surface area (Å²) in [6, 6.07) is 3.52. The van der Waals surface area contributed by atoms with Crippen molar-refractivity contribution < 1.29 is 0 Å². The van der Waals surface area contributed by atoms with Gasteiger partial charge < -0.3 is 4.57 Å². The van der Waals surface area contributed by atoms with E-state index >= 15 is 0 Å². The Kier molecular flexibility index (Phi) is 2.10. The summed E-state index contributed by atoms with van der Waals surface area (Å²) in [4.78, 5) is 0.471. The van der Waals surface area contributed by atoms with Crippen LogP contribution in [0.2, 0.25) is 10.0 Å². The second-order valence-electron chi connectivity index (χ2n) is 2.70. The molecule has 0 aliphatic heterocycles. The van der Waals surface area contributed by atoms with Crippen molar-refractivity contribution in [2.75, 3.05) is 0 Å². The summed E-state index contributed by atoms with van der Waals surface area (Å²) >= 11 is 13.2. The average Bonchev–Trinajstić information content (AvgIpc) is 2.27. The molecule has 5 heteroatoms. The maximum absolute atomic E-state index is 7.59. The van der Waals surface area contributed by atoms with Gasteiger partial charge in [0.1, 0.15) is 0 Å². The molecule has 0 saturated heterocycles. The van der Waals surface area contributed by atoms with E-state index in [-0.39, 0.29) is 0 Å². The first kappa shape index (κ1) is 9.06. The van der Waals surface area contributed by atoms with Gasteiger partial charge in [-0.2, -0.15) is 0 Å².